The van der Waals surface area contributed by atoms with Crippen LogP contribution in [0.2, 0.25) is 0 Å². The molecule has 2 aromatic carbocycles. The predicted octanol–water partition coefficient (Wildman–Crippen LogP) is 4.97. The molecule has 6 rings (SSSR count). The molecule has 2 fully saturated rings. The summed E-state index contributed by atoms with van der Waals surface area (Å²) in [6.45, 7) is 5.48. The first-order chi connectivity index (χ1) is 19.9. The third-order valence-electron chi connectivity index (χ3n) is 7.60. The Morgan fingerprint density at radius 1 is 0.829 bits per heavy atom. The number of carbonyl (C=O) groups is 1. The molecule has 0 bridgehead atoms. The summed E-state index contributed by atoms with van der Waals surface area (Å²) < 4.78 is 5.27. The molecule has 11 heteroatoms. The number of hydrogen-bond donors (Lipinski definition) is 3. The van der Waals surface area contributed by atoms with Gasteiger partial charge in [0, 0.05) is 61.1 Å². The summed E-state index contributed by atoms with van der Waals surface area (Å²) in [6, 6.07) is 11.2. The van der Waals surface area contributed by atoms with Crippen molar-refractivity contribution in [2.45, 2.75) is 45.4 Å². The van der Waals surface area contributed by atoms with Gasteiger partial charge in [-0.2, -0.15) is 15.0 Å². The van der Waals surface area contributed by atoms with Crippen molar-refractivity contribution in [3.63, 3.8) is 0 Å². The Morgan fingerprint density at radius 2 is 1.46 bits per heavy atom. The van der Waals surface area contributed by atoms with Gasteiger partial charge >= 0.3 is 5.63 Å². The maximum absolute atomic E-state index is 13.0. The Morgan fingerprint density at radius 3 is 2.10 bits per heavy atom. The lowest BCUT2D eigenvalue weighted by atomic mass is 10.1. The van der Waals surface area contributed by atoms with Crippen molar-refractivity contribution in [2.24, 2.45) is 0 Å². The van der Waals surface area contributed by atoms with Gasteiger partial charge in [-0.25, -0.2) is 4.79 Å². The zero-order valence-electron chi connectivity index (χ0n) is 23.0. The highest BCUT2D eigenvalue weighted by molar-refractivity contribution is 6.07. The van der Waals surface area contributed by atoms with Crippen molar-refractivity contribution in [1.82, 2.24) is 15.0 Å². The van der Waals surface area contributed by atoms with Crippen molar-refractivity contribution in [3.8, 4) is 5.75 Å². The fourth-order valence-corrected chi connectivity index (χ4v) is 5.41. The Bertz CT molecular complexity index is 1610. The van der Waals surface area contributed by atoms with Crippen LogP contribution in [0.5, 0.6) is 5.75 Å². The number of amides is 1. The Kier molecular flexibility index (Phi) is 7.41. The maximum Gasteiger partial charge on any atom is 0.336 e. The summed E-state index contributed by atoms with van der Waals surface area (Å²) in [5, 5.41) is 17.5. The van der Waals surface area contributed by atoms with Gasteiger partial charge in [0.2, 0.25) is 17.8 Å². The summed E-state index contributed by atoms with van der Waals surface area (Å²) >= 11 is 0. The minimum Gasteiger partial charge on any atom is -0.507 e. The fraction of sp³-hybridized carbons (Fsp3) is 0.367. The van der Waals surface area contributed by atoms with Crippen molar-refractivity contribution in [2.75, 3.05) is 46.6 Å². The van der Waals surface area contributed by atoms with Gasteiger partial charge in [-0.15, -0.1) is 0 Å². The van der Waals surface area contributed by atoms with E-state index in [-0.39, 0.29) is 11.3 Å². The van der Waals surface area contributed by atoms with Crippen LogP contribution in [0.1, 0.15) is 54.4 Å². The van der Waals surface area contributed by atoms with Crippen LogP contribution < -0.4 is 26.1 Å². The molecule has 1 amide bonds. The number of piperidine rings is 2. The zero-order valence-corrected chi connectivity index (χ0v) is 23.0. The highest BCUT2D eigenvalue weighted by Crippen LogP contribution is 2.28. The Balaban J connectivity index is 1.22. The molecule has 2 aliphatic heterocycles. The van der Waals surface area contributed by atoms with Gasteiger partial charge in [-0.05, 0) is 75.3 Å². The molecule has 0 atom stereocenters. The number of nitrogens with one attached hydrogen (secondary N) is 2. The molecule has 2 aromatic heterocycles. The van der Waals surface area contributed by atoms with Crippen LogP contribution in [0.25, 0.3) is 11.0 Å². The molecule has 0 radical (unpaired) electrons. The molecule has 0 unspecified atom stereocenters. The molecule has 3 N–H and O–H groups in total. The average Bonchev–Trinajstić information content (AvgIpc) is 2.97. The molecule has 0 saturated carbocycles. The van der Waals surface area contributed by atoms with Crippen LogP contribution >= 0.6 is 0 Å². The molecule has 2 saturated heterocycles. The van der Waals surface area contributed by atoms with E-state index in [9.17, 15) is 14.7 Å². The standard InChI is InChI=1S/C30H33N7O4/c1-19-16-26(39)41-25-18-21(8-10-22(19)25)31-27(40)23-11-9-20(17-24(23)38)32-28-33-29(36-12-4-2-5-13-36)35-30(34-28)37-14-6-3-7-15-37/h8-11,16-18,38H,2-7,12-15H2,1H3,(H,31,40)(H,32,33,34,35). The number of carbonyl (C=O) groups excluding carboxylic acids is 1. The van der Waals surface area contributed by atoms with Crippen molar-refractivity contribution in [1.29, 1.82) is 0 Å². The van der Waals surface area contributed by atoms with Gasteiger partial charge in [0.25, 0.3) is 5.91 Å². The number of aromatic nitrogens is 3. The monoisotopic (exact) mass is 555 g/mol. The number of fused-ring (bicyclic) bond motifs is 1. The van der Waals surface area contributed by atoms with E-state index in [2.05, 4.69) is 20.4 Å². The maximum atomic E-state index is 13.0. The second-order valence-corrected chi connectivity index (χ2v) is 10.6. The molecule has 41 heavy (non-hydrogen) atoms. The number of anilines is 5. The van der Waals surface area contributed by atoms with E-state index < -0.39 is 11.5 Å². The van der Waals surface area contributed by atoms with E-state index in [0.29, 0.717) is 34.8 Å². The molecule has 2 aliphatic rings. The van der Waals surface area contributed by atoms with Crippen LogP contribution in [0.15, 0.2) is 51.7 Å². The van der Waals surface area contributed by atoms with E-state index in [1.165, 1.54) is 31.0 Å². The molecular weight excluding hydrogens is 522 g/mol. The third-order valence-corrected chi connectivity index (χ3v) is 7.60. The molecular formula is C30H33N7O4. The quantitative estimate of drug-likeness (QED) is 0.280. The number of rotatable bonds is 6. The molecule has 212 valence electrons. The number of aryl methyl sites for hydroxylation is 1. The van der Waals surface area contributed by atoms with Gasteiger partial charge in [0.05, 0.1) is 5.56 Å². The number of aromatic hydroxyl groups is 1. The average molecular weight is 556 g/mol. The van der Waals surface area contributed by atoms with E-state index in [0.717, 1.165) is 62.8 Å². The summed E-state index contributed by atoms with van der Waals surface area (Å²) in [5.41, 5.74) is 1.80. The second-order valence-electron chi connectivity index (χ2n) is 10.6. The van der Waals surface area contributed by atoms with Crippen molar-refractivity contribution >= 4 is 46.1 Å². The van der Waals surface area contributed by atoms with Gasteiger partial charge in [-0.1, -0.05) is 0 Å². The third kappa shape index (κ3) is 5.93. The van der Waals surface area contributed by atoms with E-state index in [1.807, 2.05) is 6.92 Å². The van der Waals surface area contributed by atoms with Crippen LogP contribution in [0.4, 0.5) is 29.2 Å². The number of phenolic OH excluding ortho intramolecular Hbond substituents is 1. The SMILES string of the molecule is Cc1cc(=O)oc2cc(NC(=O)c3ccc(Nc4nc(N5CCCCC5)nc(N5CCCCC5)n4)cc3O)ccc12. The van der Waals surface area contributed by atoms with Crippen molar-refractivity contribution < 1.29 is 14.3 Å². The normalized spacial score (nSPS) is 15.6. The van der Waals surface area contributed by atoms with Crippen molar-refractivity contribution in [3.05, 3.63) is 64.0 Å². The first kappa shape index (κ1) is 26.5. The largest absolute Gasteiger partial charge is 0.507 e. The topological polar surface area (TPSA) is 137 Å². The number of nitrogens with zero attached hydrogens (tertiary/aromatic N) is 5. The summed E-state index contributed by atoms with van der Waals surface area (Å²) in [4.78, 5) is 43.4. The minimum absolute atomic E-state index is 0.0972. The number of phenols is 1. The summed E-state index contributed by atoms with van der Waals surface area (Å²) in [6.07, 6.45) is 6.86. The molecule has 0 spiro atoms. The highest BCUT2D eigenvalue weighted by atomic mass is 16.4. The second kappa shape index (κ2) is 11.4. The number of benzene rings is 2. The highest BCUT2D eigenvalue weighted by Gasteiger charge is 2.21. The lowest BCUT2D eigenvalue weighted by Gasteiger charge is -2.30. The summed E-state index contributed by atoms with van der Waals surface area (Å²) in [7, 11) is 0. The Labute approximate surface area is 237 Å². The van der Waals surface area contributed by atoms with Gasteiger partial charge < -0.3 is 30.0 Å². The molecule has 4 aromatic rings. The van der Waals surface area contributed by atoms with Crippen LogP contribution in [0, 0.1) is 6.92 Å². The first-order valence-electron chi connectivity index (χ1n) is 14.1. The summed E-state index contributed by atoms with van der Waals surface area (Å²) in [5.74, 6) is 1.01. The van der Waals surface area contributed by atoms with E-state index in [1.54, 1.807) is 24.3 Å². The van der Waals surface area contributed by atoms with E-state index >= 15 is 0 Å². The Hall–Kier alpha value is -4.67. The number of hydrogen-bond acceptors (Lipinski definition) is 10. The zero-order chi connectivity index (χ0) is 28.3. The fourth-order valence-electron chi connectivity index (χ4n) is 5.41. The van der Waals surface area contributed by atoms with Gasteiger partial charge in [0.1, 0.15) is 11.3 Å². The molecule has 4 heterocycles. The lowest BCUT2D eigenvalue weighted by Crippen LogP contribution is -2.34. The smallest absolute Gasteiger partial charge is 0.336 e. The van der Waals surface area contributed by atoms with Gasteiger partial charge in [-0.3, -0.25) is 4.79 Å². The first-order valence-corrected chi connectivity index (χ1v) is 14.1. The van der Waals surface area contributed by atoms with Crippen LogP contribution in [-0.2, 0) is 0 Å². The lowest BCUT2D eigenvalue weighted by molar-refractivity contribution is 0.102. The molecule has 0 aliphatic carbocycles. The minimum atomic E-state index is -0.497. The van der Waals surface area contributed by atoms with E-state index in [4.69, 9.17) is 19.4 Å². The van der Waals surface area contributed by atoms with Gasteiger partial charge in [0.15, 0.2) is 0 Å². The van der Waals surface area contributed by atoms with Crippen LogP contribution in [0.3, 0.4) is 0 Å². The molecule has 11 nitrogen and oxygen atoms in total. The van der Waals surface area contributed by atoms with Crippen LogP contribution in [-0.4, -0.2) is 52.1 Å². The predicted molar refractivity (Wildman–Crippen MR) is 159 cm³/mol.